The Morgan fingerprint density at radius 1 is 0.933 bits per heavy atom. The van der Waals surface area contributed by atoms with Gasteiger partial charge in [-0.1, -0.05) is 32.6 Å². The van der Waals surface area contributed by atoms with E-state index in [0.717, 1.165) is 26.1 Å². The van der Waals surface area contributed by atoms with Gasteiger partial charge >= 0.3 is 0 Å². The fourth-order valence-electron chi connectivity index (χ4n) is 1.43. The van der Waals surface area contributed by atoms with Crippen LogP contribution in [0.25, 0.3) is 0 Å². The number of unbranched alkanes of at least 4 members (excludes halogenated alkanes) is 4. The summed E-state index contributed by atoms with van der Waals surface area (Å²) >= 11 is 5.48. The van der Waals surface area contributed by atoms with Crippen molar-refractivity contribution in [3.8, 4) is 0 Å². The number of hydrogen-bond acceptors (Lipinski definition) is 2. The van der Waals surface area contributed by atoms with E-state index in [1.54, 1.807) is 0 Å². The lowest BCUT2D eigenvalue weighted by atomic mass is 10.1. The second kappa shape index (κ2) is 14.2. The van der Waals surface area contributed by atoms with E-state index in [0.29, 0.717) is 12.5 Å². The van der Waals surface area contributed by atoms with Crippen LogP contribution in [0, 0.1) is 0 Å². The van der Waals surface area contributed by atoms with E-state index in [2.05, 4.69) is 12.2 Å². The van der Waals surface area contributed by atoms with Crippen LogP contribution in [0.4, 0.5) is 0 Å². The van der Waals surface area contributed by atoms with E-state index < -0.39 is 0 Å². The highest BCUT2D eigenvalue weighted by atomic mass is 35.5. The van der Waals surface area contributed by atoms with Crippen LogP contribution >= 0.6 is 11.6 Å². The van der Waals surface area contributed by atoms with E-state index in [-0.39, 0.29) is 0 Å². The maximum absolute atomic E-state index is 5.48. The summed E-state index contributed by atoms with van der Waals surface area (Å²) in [6.45, 7) is 5.97. The van der Waals surface area contributed by atoms with E-state index in [4.69, 9.17) is 16.3 Å². The molecule has 0 atom stereocenters. The SMILES string of the molecule is CCCCCCCNCCCOCCCl. The fourth-order valence-corrected chi connectivity index (χ4v) is 1.54. The van der Waals surface area contributed by atoms with Gasteiger partial charge < -0.3 is 10.1 Å². The Labute approximate surface area is 99.7 Å². The molecule has 0 rings (SSSR count). The van der Waals surface area contributed by atoms with Gasteiger partial charge in [-0.05, 0) is 25.9 Å². The van der Waals surface area contributed by atoms with Gasteiger partial charge in [-0.2, -0.15) is 0 Å². The van der Waals surface area contributed by atoms with Crippen molar-refractivity contribution in [1.29, 1.82) is 0 Å². The molecule has 0 fully saturated rings. The number of rotatable bonds is 12. The normalized spacial score (nSPS) is 10.8. The fraction of sp³-hybridized carbons (Fsp3) is 1.00. The second-order valence-electron chi connectivity index (χ2n) is 3.82. The smallest absolute Gasteiger partial charge is 0.0601 e. The standard InChI is InChI=1S/C12H26ClNO/c1-2-3-4-5-6-9-14-10-7-11-15-12-8-13/h14H,2-12H2,1H3. The number of alkyl halides is 1. The molecule has 92 valence electrons. The molecule has 0 aromatic rings. The second-order valence-corrected chi connectivity index (χ2v) is 4.20. The van der Waals surface area contributed by atoms with Gasteiger partial charge in [0.05, 0.1) is 6.61 Å². The first-order valence-corrected chi connectivity index (χ1v) is 6.79. The summed E-state index contributed by atoms with van der Waals surface area (Å²) in [6, 6.07) is 0. The van der Waals surface area contributed by atoms with Crippen molar-refractivity contribution in [2.75, 3.05) is 32.2 Å². The van der Waals surface area contributed by atoms with Crippen molar-refractivity contribution < 1.29 is 4.74 Å². The van der Waals surface area contributed by atoms with Gasteiger partial charge in [0.2, 0.25) is 0 Å². The van der Waals surface area contributed by atoms with Crippen LogP contribution in [0.5, 0.6) is 0 Å². The van der Waals surface area contributed by atoms with Crippen molar-refractivity contribution in [3.63, 3.8) is 0 Å². The summed E-state index contributed by atoms with van der Waals surface area (Å²) in [5.74, 6) is 0.602. The van der Waals surface area contributed by atoms with Gasteiger partial charge in [0.25, 0.3) is 0 Å². The third-order valence-corrected chi connectivity index (χ3v) is 2.48. The Balaban J connectivity index is 2.81. The highest BCUT2D eigenvalue weighted by Crippen LogP contribution is 2.00. The zero-order valence-electron chi connectivity index (χ0n) is 10.1. The van der Waals surface area contributed by atoms with Crippen molar-refractivity contribution in [2.45, 2.75) is 45.4 Å². The van der Waals surface area contributed by atoms with Crippen LogP contribution in [0.15, 0.2) is 0 Å². The lowest BCUT2D eigenvalue weighted by Crippen LogP contribution is -2.18. The predicted octanol–water partition coefficient (Wildman–Crippen LogP) is 3.19. The molecular weight excluding hydrogens is 210 g/mol. The largest absolute Gasteiger partial charge is 0.380 e. The van der Waals surface area contributed by atoms with Crippen molar-refractivity contribution in [3.05, 3.63) is 0 Å². The zero-order chi connectivity index (χ0) is 11.2. The molecule has 0 aliphatic heterocycles. The van der Waals surface area contributed by atoms with E-state index >= 15 is 0 Å². The summed E-state index contributed by atoms with van der Waals surface area (Å²) < 4.78 is 5.27. The minimum Gasteiger partial charge on any atom is -0.380 e. The van der Waals surface area contributed by atoms with Crippen LogP contribution in [-0.2, 0) is 4.74 Å². The van der Waals surface area contributed by atoms with Gasteiger partial charge in [-0.25, -0.2) is 0 Å². The van der Waals surface area contributed by atoms with Gasteiger partial charge in [0.1, 0.15) is 0 Å². The molecule has 0 spiro atoms. The third kappa shape index (κ3) is 14.2. The highest BCUT2D eigenvalue weighted by molar-refractivity contribution is 6.17. The molecule has 0 heterocycles. The number of hydrogen-bond donors (Lipinski definition) is 1. The maximum atomic E-state index is 5.48. The van der Waals surface area contributed by atoms with E-state index in [1.807, 2.05) is 0 Å². The van der Waals surface area contributed by atoms with Crippen molar-refractivity contribution >= 4 is 11.6 Å². The Bertz CT molecular complexity index is 99.8. The van der Waals surface area contributed by atoms with E-state index in [1.165, 1.54) is 32.1 Å². The minimum absolute atomic E-state index is 0.602. The summed E-state index contributed by atoms with van der Waals surface area (Å²) in [5, 5.41) is 3.43. The molecule has 0 amide bonds. The molecule has 1 N–H and O–H groups in total. The number of nitrogens with one attached hydrogen (secondary N) is 1. The monoisotopic (exact) mass is 235 g/mol. The molecule has 0 aliphatic carbocycles. The molecule has 2 nitrogen and oxygen atoms in total. The molecule has 3 heteroatoms. The molecule has 0 unspecified atom stereocenters. The van der Waals surface area contributed by atoms with Crippen LogP contribution in [0.1, 0.15) is 45.4 Å². The van der Waals surface area contributed by atoms with E-state index in [9.17, 15) is 0 Å². The first-order valence-electron chi connectivity index (χ1n) is 6.26. The third-order valence-electron chi connectivity index (χ3n) is 2.32. The molecule has 15 heavy (non-hydrogen) atoms. The number of ether oxygens (including phenoxy) is 1. The Hall–Kier alpha value is 0.210. The molecule has 0 aromatic carbocycles. The van der Waals surface area contributed by atoms with Gasteiger partial charge in [0.15, 0.2) is 0 Å². The lowest BCUT2D eigenvalue weighted by molar-refractivity contribution is 0.146. The molecule has 0 radical (unpaired) electrons. The lowest BCUT2D eigenvalue weighted by Gasteiger charge is -2.04. The highest BCUT2D eigenvalue weighted by Gasteiger charge is 1.90. The van der Waals surface area contributed by atoms with Gasteiger partial charge in [0, 0.05) is 12.5 Å². The van der Waals surface area contributed by atoms with Crippen molar-refractivity contribution in [1.82, 2.24) is 5.32 Å². The van der Waals surface area contributed by atoms with Gasteiger partial charge in [-0.3, -0.25) is 0 Å². The Kier molecular flexibility index (Phi) is 14.4. The van der Waals surface area contributed by atoms with Crippen LogP contribution < -0.4 is 5.32 Å². The molecular formula is C12H26ClNO. The quantitative estimate of drug-likeness (QED) is 0.414. The summed E-state index contributed by atoms with van der Waals surface area (Å²) in [6.07, 6.45) is 7.85. The zero-order valence-corrected chi connectivity index (χ0v) is 10.8. The first kappa shape index (κ1) is 15.2. The summed E-state index contributed by atoms with van der Waals surface area (Å²) in [4.78, 5) is 0. The molecule has 0 saturated carbocycles. The van der Waals surface area contributed by atoms with Gasteiger partial charge in [-0.15, -0.1) is 11.6 Å². The van der Waals surface area contributed by atoms with Crippen LogP contribution in [0.2, 0.25) is 0 Å². The number of halogens is 1. The Morgan fingerprint density at radius 3 is 2.40 bits per heavy atom. The molecule has 0 bridgehead atoms. The maximum Gasteiger partial charge on any atom is 0.0601 e. The van der Waals surface area contributed by atoms with Crippen molar-refractivity contribution in [2.24, 2.45) is 0 Å². The first-order chi connectivity index (χ1) is 7.41. The minimum atomic E-state index is 0.602. The summed E-state index contributed by atoms with van der Waals surface area (Å²) in [7, 11) is 0. The predicted molar refractivity (Wildman–Crippen MR) is 67.8 cm³/mol. The molecule has 0 saturated heterocycles. The average Bonchev–Trinajstić information content (AvgIpc) is 2.26. The average molecular weight is 236 g/mol. The molecule has 0 aromatic heterocycles. The van der Waals surface area contributed by atoms with Crippen LogP contribution in [-0.4, -0.2) is 32.2 Å². The topological polar surface area (TPSA) is 21.3 Å². The Morgan fingerprint density at radius 2 is 1.67 bits per heavy atom. The van der Waals surface area contributed by atoms with Crippen LogP contribution in [0.3, 0.4) is 0 Å². The molecule has 0 aliphatic rings. The summed E-state index contributed by atoms with van der Waals surface area (Å²) in [5.41, 5.74) is 0.